The lowest BCUT2D eigenvalue weighted by molar-refractivity contribution is -0.112. The van der Waals surface area contributed by atoms with Gasteiger partial charge in [-0.3, -0.25) is 0 Å². The highest BCUT2D eigenvalue weighted by molar-refractivity contribution is 5.56. The minimum Gasteiger partial charge on any atom is -0.303 e. The molecule has 0 saturated heterocycles. The molecule has 2 rings (SSSR count). The maximum Gasteiger partial charge on any atom is 0.123 e. The van der Waals surface area contributed by atoms with Gasteiger partial charge < -0.3 is 9.59 Å². The fraction of sp³-hybridized carbons (Fsp3) is 0.818. The lowest BCUT2D eigenvalue weighted by atomic mass is 9.91. The van der Waals surface area contributed by atoms with Gasteiger partial charge in [-0.25, -0.2) is 0 Å². The highest BCUT2D eigenvalue weighted by Crippen LogP contribution is 2.25. The first kappa shape index (κ1) is 10.4. The van der Waals surface area contributed by atoms with Gasteiger partial charge in [0.2, 0.25) is 0 Å². The van der Waals surface area contributed by atoms with E-state index in [4.69, 9.17) is 0 Å². The predicted octanol–water partition coefficient (Wildman–Crippen LogP) is 2.36. The first-order chi connectivity index (χ1) is 6.36. The fourth-order valence-electron chi connectivity index (χ4n) is 1.50. The van der Waals surface area contributed by atoms with E-state index < -0.39 is 0 Å². The zero-order valence-corrected chi connectivity index (χ0v) is 8.08. The van der Waals surface area contributed by atoms with E-state index in [1.807, 2.05) is 0 Å². The molecule has 0 N–H and O–H groups in total. The average Bonchev–Trinajstić information content (AvgIpc) is 3.03. The Kier molecular flexibility index (Phi) is 4.73. The maximum atomic E-state index is 10.2. The number of hydrogen-bond acceptors (Lipinski definition) is 2. The number of carbonyl (C=O) groups excluding carboxylic acids is 2. The molecule has 2 saturated carbocycles. The van der Waals surface area contributed by atoms with Crippen LogP contribution in [0.5, 0.6) is 0 Å². The minimum atomic E-state index is 0.406. The van der Waals surface area contributed by atoms with Gasteiger partial charge in [-0.1, -0.05) is 19.3 Å². The van der Waals surface area contributed by atoms with Crippen LogP contribution >= 0.6 is 0 Å². The number of rotatable bonds is 2. The van der Waals surface area contributed by atoms with E-state index in [0.29, 0.717) is 11.8 Å². The molecule has 0 unspecified atom stereocenters. The van der Waals surface area contributed by atoms with Gasteiger partial charge in [-0.2, -0.15) is 0 Å². The highest BCUT2D eigenvalue weighted by Gasteiger charge is 2.18. The van der Waals surface area contributed by atoms with Gasteiger partial charge in [0.1, 0.15) is 12.6 Å². The summed E-state index contributed by atoms with van der Waals surface area (Å²) in [6.45, 7) is 0. The van der Waals surface area contributed by atoms with Crippen molar-refractivity contribution < 1.29 is 9.59 Å². The van der Waals surface area contributed by atoms with Crippen LogP contribution in [-0.2, 0) is 9.59 Å². The second kappa shape index (κ2) is 5.90. The molecule has 0 heterocycles. The first-order valence-corrected chi connectivity index (χ1v) is 5.27. The molecule has 2 fully saturated rings. The van der Waals surface area contributed by atoms with Crippen LogP contribution in [0.2, 0.25) is 0 Å². The minimum absolute atomic E-state index is 0.406. The topological polar surface area (TPSA) is 34.1 Å². The van der Waals surface area contributed by atoms with E-state index in [2.05, 4.69) is 0 Å². The van der Waals surface area contributed by atoms with Gasteiger partial charge in [0.15, 0.2) is 0 Å². The summed E-state index contributed by atoms with van der Waals surface area (Å²) >= 11 is 0. The molecule has 0 spiro atoms. The monoisotopic (exact) mass is 182 g/mol. The highest BCUT2D eigenvalue weighted by atomic mass is 16.1. The molecule has 2 aliphatic carbocycles. The average molecular weight is 182 g/mol. The zero-order chi connectivity index (χ0) is 9.52. The molecule has 13 heavy (non-hydrogen) atoms. The number of hydrogen-bond donors (Lipinski definition) is 0. The van der Waals surface area contributed by atoms with Gasteiger partial charge >= 0.3 is 0 Å². The molecule has 0 bridgehead atoms. The summed E-state index contributed by atoms with van der Waals surface area (Å²) in [7, 11) is 0. The zero-order valence-electron chi connectivity index (χ0n) is 8.08. The normalized spacial score (nSPS) is 22.8. The van der Waals surface area contributed by atoms with Gasteiger partial charge in [0.05, 0.1) is 0 Å². The molecule has 0 atom stereocenters. The Hall–Kier alpha value is -0.660. The molecule has 0 amide bonds. The Morgan fingerprint density at radius 1 is 0.692 bits per heavy atom. The Morgan fingerprint density at radius 2 is 1.15 bits per heavy atom. The van der Waals surface area contributed by atoms with Crippen molar-refractivity contribution in [3.63, 3.8) is 0 Å². The second-order valence-corrected chi connectivity index (χ2v) is 4.01. The lowest BCUT2D eigenvalue weighted by Gasteiger charge is -2.14. The molecule has 0 aromatic rings. The van der Waals surface area contributed by atoms with Crippen molar-refractivity contribution in [2.24, 2.45) is 11.8 Å². The van der Waals surface area contributed by atoms with Crippen molar-refractivity contribution in [1.29, 1.82) is 0 Å². The van der Waals surface area contributed by atoms with E-state index in [-0.39, 0.29) is 0 Å². The van der Waals surface area contributed by atoms with Crippen molar-refractivity contribution >= 4 is 12.6 Å². The van der Waals surface area contributed by atoms with E-state index in [9.17, 15) is 9.59 Å². The molecule has 74 valence electrons. The fourth-order valence-corrected chi connectivity index (χ4v) is 1.50. The van der Waals surface area contributed by atoms with Crippen LogP contribution in [0.3, 0.4) is 0 Å². The smallest absolute Gasteiger partial charge is 0.123 e. The summed E-state index contributed by atoms with van der Waals surface area (Å²) < 4.78 is 0. The Morgan fingerprint density at radius 3 is 1.38 bits per heavy atom. The molecular weight excluding hydrogens is 164 g/mol. The summed E-state index contributed by atoms with van der Waals surface area (Å²) in [4.78, 5) is 19.7. The summed E-state index contributed by atoms with van der Waals surface area (Å²) in [5, 5.41) is 0. The number of carbonyl (C=O) groups is 2. The third kappa shape index (κ3) is 4.81. The van der Waals surface area contributed by atoms with Crippen molar-refractivity contribution in [3.8, 4) is 0 Å². The molecule has 2 heteroatoms. The molecule has 0 aliphatic heterocycles. The molecule has 2 aliphatic rings. The van der Waals surface area contributed by atoms with Crippen LogP contribution in [0.15, 0.2) is 0 Å². The van der Waals surface area contributed by atoms with E-state index in [1.54, 1.807) is 0 Å². The second-order valence-electron chi connectivity index (χ2n) is 4.01. The molecule has 0 aromatic carbocycles. The Bertz CT molecular complexity index is 155. The van der Waals surface area contributed by atoms with Gasteiger partial charge in [0.25, 0.3) is 0 Å². The van der Waals surface area contributed by atoms with Crippen molar-refractivity contribution in [2.75, 3.05) is 0 Å². The maximum absolute atomic E-state index is 10.2. The Balaban J connectivity index is 0.000000145. The van der Waals surface area contributed by atoms with Crippen molar-refractivity contribution in [3.05, 3.63) is 0 Å². The summed E-state index contributed by atoms with van der Waals surface area (Å²) in [6.07, 6.45) is 10.6. The largest absolute Gasteiger partial charge is 0.303 e. The van der Waals surface area contributed by atoms with E-state index in [0.717, 1.165) is 38.3 Å². The Labute approximate surface area is 79.7 Å². The van der Waals surface area contributed by atoms with Crippen molar-refractivity contribution in [2.45, 2.75) is 44.9 Å². The standard InChI is InChI=1S/C7H12O.C4H6O/c8-6-7-4-2-1-3-5-7;5-3-4-1-2-4/h6-7H,1-5H2;3-4H,1-2H2. The van der Waals surface area contributed by atoms with Gasteiger partial charge in [-0.15, -0.1) is 0 Å². The van der Waals surface area contributed by atoms with Crippen LogP contribution in [0.4, 0.5) is 0 Å². The SMILES string of the molecule is O=CC1CC1.O=CC1CCCCC1. The molecule has 0 radical (unpaired) electrons. The third-order valence-electron chi connectivity index (χ3n) is 2.66. The molecule has 2 nitrogen and oxygen atoms in total. The van der Waals surface area contributed by atoms with E-state index >= 15 is 0 Å². The summed E-state index contributed by atoms with van der Waals surface area (Å²) in [5.41, 5.74) is 0. The third-order valence-corrected chi connectivity index (χ3v) is 2.66. The van der Waals surface area contributed by atoms with Gasteiger partial charge in [0, 0.05) is 11.8 Å². The van der Waals surface area contributed by atoms with Gasteiger partial charge in [-0.05, 0) is 25.7 Å². The molecule has 0 aromatic heterocycles. The summed E-state index contributed by atoms with van der Waals surface area (Å²) in [6, 6.07) is 0. The number of aldehydes is 2. The van der Waals surface area contributed by atoms with Crippen LogP contribution in [0.1, 0.15) is 44.9 Å². The van der Waals surface area contributed by atoms with E-state index in [1.165, 1.54) is 19.3 Å². The predicted molar refractivity (Wildman–Crippen MR) is 51.4 cm³/mol. The van der Waals surface area contributed by atoms with Crippen LogP contribution in [0, 0.1) is 11.8 Å². The quantitative estimate of drug-likeness (QED) is 0.614. The molecular formula is C11H18O2. The lowest BCUT2D eigenvalue weighted by Crippen LogP contribution is -2.06. The first-order valence-electron chi connectivity index (χ1n) is 5.27. The van der Waals surface area contributed by atoms with Crippen LogP contribution in [-0.4, -0.2) is 12.6 Å². The van der Waals surface area contributed by atoms with Crippen molar-refractivity contribution in [1.82, 2.24) is 0 Å². The van der Waals surface area contributed by atoms with Crippen LogP contribution in [0.25, 0.3) is 0 Å². The van der Waals surface area contributed by atoms with Crippen LogP contribution < -0.4 is 0 Å². The summed E-state index contributed by atoms with van der Waals surface area (Å²) in [5.74, 6) is 0.860.